The van der Waals surface area contributed by atoms with E-state index in [0.29, 0.717) is 18.5 Å². The second-order valence-electron chi connectivity index (χ2n) is 5.53. The van der Waals surface area contributed by atoms with E-state index >= 15 is 0 Å². The zero-order valence-corrected chi connectivity index (χ0v) is 12.7. The SMILES string of the molecule is CC(C)N1CCCC(CNC(=O)c2ncncc2Cl)C1. The van der Waals surface area contributed by atoms with E-state index in [-0.39, 0.29) is 16.6 Å². The number of nitrogens with one attached hydrogen (secondary N) is 1. The third-order valence-electron chi connectivity index (χ3n) is 3.71. The number of likely N-dealkylation sites (tertiary alicyclic amines) is 1. The van der Waals surface area contributed by atoms with Gasteiger partial charge in [-0.3, -0.25) is 4.79 Å². The van der Waals surface area contributed by atoms with Crippen LogP contribution in [-0.2, 0) is 0 Å². The second-order valence-corrected chi connectivity index (χ2v) is 5.93. The molecule has 1 aliphatic heterocycles. The molecule has 110 valence electrons. The molecule has 1 aliphatic rings. The van der Waals surface area contributed by atoms with Crippen LogP contribution in [-0.4, -0.2) is 46.5 Å². The highest BCUT2D eigenvalue weighted by molar-refractivity contribution is 6.33. The molecule has 2 rings (SSSR count). The van der Waals surface area contributed by atoms with Gasteiger partial charge in [0.1, 0.15) is 12.0 Å². The number of hydrogen-bond donors (Lipinski definition) is 1. The molecule has 5 nitrogen and oxygen atoms in total. The van der Waals surface area contributed by atoms with E-state index in [0.717, 1.165) is 19.5 Å². The van der Waals surface area contributed by atoms with Crippen LogP contribution in [0.25, 0.3) is 0 Å². The summed E-state index contributed by atoms with van der Waals surface area (Å²) in [6.45, 7) is 7.28. The van der Waals surface area contributed by atoms with Gasteiger partial charge in [-0.1, -0.05) is 11.6 Å². The van der Waals surface area contributed by atoms with Crippen LogP contribution in [0.2, 0.25) is 5.02 Å². The van der Waals surface area contributed by atoms with Gasteiger partial charge in [0.2, 0.25) is 0 Å². The molecular formula is C14H21ClN4O. The van der Waals surface area contributed by atoms with Crippen LogP contribution >= 0.6 is 11.6 Å². The van der Waals surface area contributed by atoms with E-state index in [1.807, 2.05) is 0 Å². The Hall–Kier alpha value is -1.20. The Morgan fingerprint density at radius 1 is 1.60 bits per heavy atom. The molecule has 1 N–H and O–H groups in total. The second kappa shape index (κ2) is 6.99. The quantitative estimate of drug-likeness (QED) is 0.923. The van der Waals surface area contributed by atoms with Gasteiger partial charge in [0.05, 0.1) is 5.02 Å². The molecule has 2 heterocycles. The van der Waals surface area contributed by atoms with Crippen molar-refractivity contribution in [1.82, 2.24) is 20.2 Å². The number of piperidine rings is 1. The van der Waals surface area contributed by atoms with Crippen LogP contribution in [0.1, 0.15) is 37.2 Å². The number of rotatable bonds is 4. The maximum atomic E-state index is 12.0. The van der Waals surface area contributed by atoms with Crippen LogP contribution in [0, 0.1) is 5.92 Å². The Kier molecular flexibility index (Phi) is 5.31. The smallest absolute Gasteiger partial charge is 0.271 e. The Morgan fingerprint density at radius 2 is 2.40 bits per heavy atom. The number of nitrogens with zero attached hydrogens (tertiary/aromatic N) is 3. The summed E-state index contributed by atoms with van der Waals surface area (Å²) >= 11 is 5.91. The summed E-state index contributed by atoms with van der Waals surface area (Å²) in [5.41, 5.74) is 0.248. The number of carbonyl (C=O) groups is 1. The van der Waals surface area contributed by atoms with Gasteiger partial charge >= 0.3 is 0 Å². The summed E-state index contributed by atoms with van der Waals surface area (Å²) < 4.78 is 0. The maximum absolute atomic E-state index is 12.0. The molecule has 0 radical (unpaired) electrons. The number of halogens is 1. The van der Waals surface area contributed by atoms with Crippen molar-refractivity contribution >= 4 is 17.5 Å². The summed E-state index contributed by atoms with van der Waals surface area (Å²) in [7, 11) is 0. The lowest BCUT2D eigenvalue weighted by atomic mass is 9.97. The van der Waals surface area contributed by atoms with Gasteiger partial charge in [-0.05, 0) is 39.2 Å². The number of carbonyl (C=O) groups excluding carboxylic acids is 1. The van der Waals surface area contributed by atoms with E-state index in [9.17, 15) is 4.79 Å². The average molecular weight is 297 g/mol. The minimum absolute atomic E-state index is 0.223. The molecular weight excluding hydrogens is 276 g/mol. The Bertz CT molecular complexity index is 466. The first-order valence-corrected chi connectivity index (χ1v) is 7.43. The lowest BCUT2D eigenvalue weighted by Crippen LogP contribution is -2.43. The van der Waals surface area contributed by atoms with Gasteiger partial charge in [0.25, 0.3) is 5.91 Å². The predicted octanol–water partition coefficient (Wildman–Crippen LogP) is 1.98. The van der Waals surface area contributed by atoms with Crippen molar-refractivity contribution in [2.75, 3.05) is 19.6 Å². The van der Waals surface area contributed by atoms with E-state index < -0.39 is 0 Å². The van der Waals surface area contributed by atoms with Crippen molar-refractivity contribution in [3.8, 4) is 0 Å². The normalized spacial score (nSPS) is 20.1. The van der Waals surface area contributed by atoms with Gasteiger partial charge < -0.3 is 10.2 Å². The Labute approximate surface area is 124 Å². The average Bonchev–Trinajstić information content (AvgIpc) is 2.45. The first-order valence-electron chi connectivity index (χ1n) is 7.05. The largest absolute Gasteiger partial charge is 0.350 e. The number of hydrogen-bond acceptors (Lipinski definition) is 4. The monoisotopic (exact) mass is 296 g/mol. The lowest BCUT2D eigenvalue weighted by Gasteiger charge is -2.35. The van der Waals surface area contributed by atoms with Crippen molar-refractivity contribution in [3.63, 3.8) is 0 Å². The topological polar surface area (TPSA) is 58.1 Å². The van der Waals surface area contributed by atoms with Crippen molar-refractivity contribution in [3.05, 3.63) is 23.2 Å². The molecule has 0 bridgehead atoms. The zero-order chi connectivity index (χ0) is 14.5. The van der Waals surface area contributed by atoms with Gasteiger partial charge in [0.15, 0.2) is 0 Å². The molecule has 1 unspecified atom stereocenters. The van der Waals surface area contributed by atoms with Crippen LogP contribution in [0.15, 0.2) is 12.5 Å². The summed E-state index contributed by atoms with van der Waals surface area (Å²) in [6, 6.07) is 0.560. The van der Waals surface area contributed by atoms with Crippen molar-refractivity contribution < 1.29 is 4.79 Å². The molecule has 20 heavy (non-hydrogen) atoms. The van der Waals surface area contributed by atoms with Crippen molar-refractivity contribution in [2.24, 2.45) is 5.92 Å². The molecule has 1 amide bonds. The van der Waals surface area contributed by atoms with Crippen molar-refractivity contribution in [2.45, 2.75) is 32.7 Å². The van der Waals surface area contributed by atoms with E-state index in [2.05, 4.69) is 34.0 Å². The third-order valence-corrected chi connectivity index (χ3v) is 3.99. The highest BCUT2D eigenvalue weighted by Crippen LogP contribution is 2.18. The standard InChI is InChI=1S/C14H21ClN4O/c1-10(2)19-5-3-4-11(8-19)6-17-14(20)13-12(15)7-16-9-18-13/h7,9-11H,3-6,8H2,1-2H3,(H,17,20). The fourth-order valence-corrected chi connectivity index (χ4v) is 2.72. The van der Waals surface area contributed by atoms with Crippen LogP contribution in [0.3, 0.4) is 0 Å². The molecule has 0 saturated carbocycles. The summed E-state index contributed by atoms with van der Waals surface area (Å²) in [4.78, 5) is 22.2. The molecule has 0 aromatic carbocycles. The van der Waals surface area contributed by atoms with E-state index in [4.69, 9.17) is 11.6 Å². The van der Waals surface area contributed by atoms with Crippen molar-refractivity contribution in [1.29, 1.82) is 0 Å². The molecule has 0 spiro atoms. The van der Waals surface area contributed by atoms with Gasteiger partial charge in [-0.15, -0.1) is 0 Å². The van der Waals surface area contributed by atoms with Gasteiger partial charge in [-0.25, -0.2) is 9.97 Å². The molecule has 1 saturated heterocycles. The Balaban J connectivity index is 1.86. The number of aromatic nitrogens is 2. The first-order chi connectivity index (χ1) is 9.58. The van der Waals surface area contributed by atoms with Gasteiger partial charge in [-0.2, -0.15) is 0 Å². The van der Waals surface area contributed by atoms with E-state index in [1.165, 1.54) is 18.9 Å². The molecule has 0 aliphatic carbocycles. The van der Waals surface area contributed by atoms with Crippen LogP contribution < -0.4 is 5.32 Å². The maximum Gasteiger partial charge on any atom is 0.271 e. The number of amides is 1. The molecule has 1 aromatic rings. The predicted molar refractivity (Wildman–Crippen MR) is 78.8 cm³/mol. The summed E-state index contributed by atoms with van der Waals surface area (Å²) in [6.07, 6.45) is 5.11. The summed E-state index contributed by atoms with van der Waals surface area (Å²) in [5.74, 6) is 0.273. The molecule has 1 atom stereocenters. The van der Waals surface area contributed by atoms with E-state index in [1.54, 1.807) is 0 Å². The van der Waals surface area contributed by atoms with Gasteiger partial charge in [0, 0.05) is 25.3 Å². The lowest BCUT2D eigenvalue weighted by molar-refractivity contribution is 0.0918. The third kappa shape index (κ3) is 3.90. The Morgan fingerprint density at radius 3 is 3.10 bits per heavy atom. The fourth-order valence-electron chi connectivity index (χ4n) is 2.53. The highest BCUT2D eigenvalue weighted by Gasteiger charge is 2.22. The molecule has 6 heteroatoms. The molecule has 1 aromatic heterocycles. The van der Waals surface area contributed by atoms with Crippen LogP contribution in [0.5, 0.6) is 0 Å². The molecule has 1 fully saturated rings. The minimum atomic E-state index is -0.223. The highest BCUT2D eigenvalue weighted by atomic mass is 35.5. The fraction of sp³-hybridized carbons (Fsp3) is 0.643. The van der Waals surface area contributed by atoms with Crippen LogP contribution in [0.4, 0.5) is 0 Å². The minimum Gasteiger partial charge on any atom is -0.350 e. The first kappa shape index (κ1) is 15.2. The summed E-state index contributed by atoms with van der Waals surface area (Å²) in [5, 5.41) is 3.22. The zero-order valence-electron chi connectivity index (χ0n) is 12.0.